The van der Waals surface area contributed by atoms with E-state index in [0.717, 1.165) is 6.92 Å². The van der Waals surface area contributed by atoms with Gasteiger partial charge in [0.05, 0.1) is 5.69 Å². The van der Waals surface area contributed by atoms with Crippen LogP contribution < -0.4 is 0 Å². The Bertz CT molecular complexity index is 333. The summed E-state index contributed by atoms with van der Waals surface area (Å²) >= 11 is 0. The van der Waals surface area contributed by atoms with E-state index in [1.165, 1.54) is 0 Å². The van der Waals surface area contributed by atoms with Gasteiger partial charge >= 0.3 is 6.18 Å². The second-order valence-corrected chi connectivity index (χ2v) is 2.24. The van der Waals surface area contributed by atoms with Crippen LogP contribution >= 0.6 is 0 Å². The summed E-state index contributed by atoms with van der Waals surface area (Å²) in [6, 6.07) is 0. The monoisotopic (exact) mass is 198 g/mol. The lowest BCUT2D eigenvalue weighted by Crippen LogP contribution is -2.15. The van der Waals surface area contributed by atoms with Gasteiger partial charge in [-0.25, -0.2) is 9.97 Å². The highest BCUT2D eigenvalue weighted by Gasteiger charge is 2.37. The van der Waals surface area contributed by atoms with E-state index >= 15 is 0 Å². The van der Waals surface area contributed by atoms with Gasteiger partial charge in [0.1, 0.15) is 0 Å². The predicted molar refractivity (Wildman–Crippen MR) is 31.7 cm³/mol. The SMILES string of the molecule is Cc1nc(F)c(C(F)(F)F)nc1F. The van der Waals surface area contributed by atoms with Crippen LogP contribution in [0.5, 0.6) is 0 Å². The van der Waals surface area contributed by atoms with Crippen molar-refractivity contribution in [2.75, 3.05) is 0 Å². The summed E-state index contributed by atoms with van der Waals surface area (Å²) < 4.78 is 60.5. The average Bonchev–Trinajstić information content (AvgIpc) is 1.94. The van der Waals surface area contributed by atoms with Crippen LogP contribution in [0.1, 0.15) is 11.4 Å². The van der Waals surface area contributed by atoms with Gasteiger partial charge in [-0.15, -0.1) is 0 Å². The molecule has 0 aliphatic heterocycles. The molecule has 0 aliphatic rings. The molecule has 0 aliphatic carbocycles. The molecule has 0 atom stereocenters. The van der Waals surface area contributed by atoms with E-state index in [-0.39, 0.29) is 0 Å². The molecule has 0 bridgehead atoms. The summed E-state index contributed by atoms with van der Waals surface area (Å²) in [5.41, 5.74) is -2.44. The Labute approximate surface area is 69.4 Å². The molecule has 1 aromatic rings. The third-order valence-electron chi connectivity index (χ3n) is 1.24. The van der Waals surface area contributed by atoms with Crippen LogP contribution in [0.2, 0.25) is 0 Å². The maximum Gasteiger partial charge on any atom is 0.438 e. The van der Waals surface area contributed by atoms with Crippen LogP contribution in [0.25, 0.3) is 0 Å². The van der Waals surface area contributed by atoms with E-state index in [2.05, 4.69) is 9.97 Å². The van der Waals surface area contributed by atoms with Gasteiger partial charge in [0.2, 0.25) is 17.6 Å². The number of aromatic nitrogens is 2. The minimum absolute atomic E-state index is 0.509. The molecular weight excluding hydrogens is 195 g/mol. The number of nitrogens with zero attached hydrogens (tertiary/aromatic N) is 2. The fraction of sp³-hybridized carbons (Fsp3) is 0.333. The Morgan fingerprint density at radius 3 is 2.00 bits per heavy atom. The molecule has 13 heavy (non-hydrogen) atoms. The summed E-state index contributed by atoms with van der Waals surface area (Å²) in [6.45, 7) is 1.02. The van der Waals surface area contributed by atoms with Gasteiger partial charge in [-0.05, 0) is 6.92 Å². The van der Waals surface area contributed by atoms with Gasteiger partial charge in [0, 0.05) is 0 Å². The number of rotatable bonds is 0. The Kier molecular flexibility index (Phi) is 2.19. The molecule has 0 N–H and O–H groups in total. The summed E-state index contributed by atoms with van der Waals surface area (Å²) in [5, 5.41) is 0. The number of hydrogen-bond donors (Lipinski definition) is 0. The molecule has 72 valence electrons. The molecule has 0 unspecified atom stereocenters. The van der Waals surface area contributed by atoms with Crippen LogP contribution in [0, 0.1) is 18.8 Å². The lowest BCUT2D eigenvalue weighted by Gasteiger charge is -2.06. The van der Waals surface area contributed by atoms with Crippen molar-refractivity contribution in [3.63, 3.8) is 0 Å². The van der Waals surface area contributed by atoms with Crippen molar-refractivity contribution in [3.05, 3.63) is 23.3 Å². The molecule has 0 saturated heterocycles. The van der Waals surface area contributed by atoms with Gasteiger partial charge in [-0.1, -0.05) is 0 Å². The number of hydrogen-bond acceptors (Lipinski definition) is 2. The summed E-state index contributed by atoms with van der Waals surface area (Å²) in [5.74, 6) is -3.24. The topological polar surface area (TPSA) is 25.8 Å². The normalized spacial score (nSPS) is 11.8. The quantitative estimate of drug-likeness (QED) is 0.596. The molecule has 0 aromatic carbocycles. The van der Waals surface area contributed by atoms with Crippen LogP contribution in [0.15, 0.2) is 0 Å². The predicted octanol–water partition coefficient (Wildman–Crippen LogP) is 2.08. The second-order valence-electron chi connectivity index (χ2n) is 2.24. The Hall–Kier alpha value is -1.27. The molecule has 0 saturated carbocycles. The highest BCUT2D eigenvalue weighted by Crippen LogP contribution is 2.29. The number of halogens is 5. The van der Waals surface area contributed by atoms with Crippen LogP contribution in [-0.2, 0) is 6.18 Å². The zero-order valence-corrected chi connectivity index (χ0v) is 6.28. The molecule has 0 spiro atoms. The Morgan fingerprint density at radius 2 is 1.54 bits per heavy atom. The van der Waals surface area contributed by atoms with Crippen LogP contribution in [0.3, 0.4) is 0 Å². The molecule has 2 nitrogen and oxygen atoms in total. The Morgan fingerprint density at radius 1 is 1.00 bits per heavy atom. The molecule has 1 rings (SSSR count). The van der Waals surface area contributed by atoms with Crippen LogP contribution in [0.4, 0.5) is 22.0 Å². The Balaban J connectivity index is 3.32. The second kappa shape index (κ2) is 2.90. The highest BCUT2D eigenvalue weighted by atomic mass is 19.4. The maximum atomic E-state index is 12.5. The lowest BCUT2D eigenvalue weighted by atomic mass is 10.4. The van der Waals surface area contributed by atoms with Gasteiger partial charge in [0.25, 0.3) is 0 Å². The maximum absolute atomic E-state index is 12.5. The van der Waals surface area contributed by atoms with E-state index in [9.17, 15) is 22.0 Å². The van der Waals surface area contributed by atoms with E-state index in [4.69, 9.17) is 0 Å². The lowest BCUT2D eigenvalue weighted by molar-refractivity contribution is -0.144. The van der Waals surface area contributed by atoms with Crippen molar-refractivity contribution in [1.82, 2.24) is 9.97 Å². The van der Waals surface area contributed by atoms with Crippen LogP contribution in [-0.4, -0.2) is 9.97 Å². The van der Waals surface area contributed by atoms with Crippen molar-refractivity contribution in [3.8, 4) is 0 Å². The van der Waals surface area contributed by atoms with Gasteiger partial charge < -0.3 is 0 Å². The smallest absolute Gasteiger partial charge is 0.218 e. The third-order valence-corrected chi connectivity index (χ3v) is 1.24. The molecule has 7 heteroatoms. The van der Waals surface area contributed by atoms with Crippen molar-refractivity contribution in [1.29, 1.82) is 0 Å². The number of alkyl halides is 3. The molecule has 0 radical (unpaired) electrons. The first-order chi connectivity index (χ1) is 5.82. The standard InChI is InChI=1S/C6H3F5N2/c1-2-4(7)13-3(5(8)12-2)6(9,10)11/h1H3. The van der Waals surface area contributed by atoms with Crippen molar-refractivity contribution in [2.24, 2.45) is 0 Å². The highest BCUT2D eigenvalue weighted by molar-refractivity contribution is 5.07. The summed E-state index contributed by atoms with van der Waals surface area (Å²) in [4.78, 5) is 5.13. The average molecular weight is 198 g/mol. The summed E-state index contributed by atoms with van der Waals surface area (Å²) in [7, 11) is 0. The minimum atomic E-state index is -5.02. The van der Waals surface area contributed by atoms with Gasteiger partial charge in [0.15, 0.2) is 0 Å². The van der Waals surface area contributed by atoms with Gasteiger partial charge in [-0.2, -0.15) is 22.0 Å². The first-order valence-corrected chi connectivity index (χ1v) is 3.09. The zero-order chi connectivity index (χ0) is 10.2. The van der Waals surface area contributed by atoms with E-state index in [1.807, 2.05) is 0 Å². The fourth-order valence-corrected chi connectivity index (χ4v) is 0.652. The van der Waals surface area contributed by atoms with E-state index < -0.39 is 29.5 Å². The summed E-state index contributed by atoms with van der Waals surface area (Å²) in [6.07, 6.45) is -5.02. The number of aryl methyl sites for hydroxylation is 1. The zero-order valence-electron chi connectivity index (χ0n) is 6.28. The molecule has 0 fully saturated rings. The molecule has 1 heterocycles. The largest absolute Gasteiger partial charge is 0.438 e. The molecule has 1 aromatic heterocycles. The van der Waals surface area contributed by atoms with Crippen molar-refractivity contribution < 1.29 is 22.0 Å². The molecular formula is C6H3F5N2. The first-order valence-electron chi connectivity index (χ1n) is 3.09. The van der Waals surface area contributed by atoms with Crippen molar-refractivity contribution in [2.45, 2.75) is 13.1 Å². The third kappa shape index (κ3) is 1.90. The van der Waals surface area contributed by atoms with Gasteiger partial charge in [-0.3, -0.25) is 0 Å². The minimum Gasteiger partial charge on any atom is -0.218 e. The first kappa shape index (κ1) is 9.82. The fourth-order valence-electron chi connectivity index (χ4n) is 0.652. The van der Waals surface area contributed by atoms with E-state index in [1.54, 1.807) is 0 Å². The van der Waals surface area contributed by atoms with E-state index in [0.29, 0.717) is 0 Å². The van der Waals surface area contributed by atoms with Crippen molar-refractivity contribution >= 4 is 0 Å². The molecule has 0 amide bonds.